The number of pyridine rings is 1. The Hall–Kier alpha value is -4.24. The number of amides is 1. The summed E-state index contributed by atoms with van der Waals surface area (Å²) < 4.78 is 0. The molecule has 0 saturated carbocycles. The fourth-order valence-corrected chi connectivity index (χ4v) is 3.36. The topological polar surface area (TPSA) is 94.3 Å². The maximum absolute atomic E-state index is 12.9. The minimum Gasteiger partial charge on any atom is -0.507 e. The fourth-order valence-electron chi connectivity index (χ4n) is 3.36. The van der Waals surface area contributed by atoms with Crippen LogP contribution in [0.15, 0.2) is 84.6 Å². The molecule has 1 atom stereocenters. The molecule has 1 saturated heterocycles. The molecule has 140 valence electrons. The number of aliphatic hydroxyl groups is 1. The molecule has 1 aliphatic heterocycles. The van der Waals surface area contributed by atoms with Gasteiger partial charge in [-0.05, 0) is 36.4 Å². The Morgan fingerprint density at radius 3 is 2.28 bits per heavy atom. The van der Waals surface area contributed by atoms with Crippen molar-refractivity contribution in [2.24, 2.45) is 0 Å². The molecule has 6 heteroatoms. The number of hydrogen-bond acceptors (Lipinski definition) is 5. The van der Waals surface area contributed by atoms with Gasteiger partial charge in [-0.2, -0.15) is 5.26 Å². The number of Topliss-reactive ketones (excluding diaryl/α,β-unsaturated/α-hetero) is 1. The van der Waals surface area contributed by atoms with Crippen LogP contribution < -0.4 is 4.90 Å². The molecule has 29 heavy (non-hydrogen) atoms. The van der Waals surface area contributed by atoms with Gasteiger partial charge in [-0.1, -0.05) is 36.4 Å². The molecular weight excluding hydrogens is 366 g/mol. The van der Waals surface area contributed by atoms with Crippen molar-refractivity contribution in [1.82, 2.24) is 4.98 Å². The highest BCUT2D eigenvalue weighted by Crippen LogP contribution is 2.41. The molecule has 0 radical (unpaired) electrons. The molecule has 2 heterocycles. The minimum absolute atomic E-state index is 0.0238. The molecule has 1 aromatic heterocycles. The number of benzene rings is 2. The largest absolute Gasteiger partial charge is 0.507 e. The number of carbonyl (C=O) groups excluding carboxylic acids is 2. The van der Waals surface area contributed by atoms with E-state index in [1.165, 1.54) is 4.90 Å². The van der Waals surface area contributed by atoms with Crippen LogP contribution in [0.2, 0.25) is 0 Å². The first-order valence-electron chi connectivity index (χ1n) is 8.89. The Bertz CT molecular complexity index is 1150. The summed E-state index contributed by atoms with van der Waals surface area (Å²) in [6, 6.07) is 21.3. The first-order chi connectivity index (χ1) is 14.1. The van der Waals surface area contributed by atoms with E-state index in [1.807, 2.05) is 6.07 Å². The SMILES string of the molecule is N#Cc1ccc(N2C(=O)C(=O)/C(=C(\O)c3ccccc3)C2c2ccccn2)cc1. The van der Waals surface area contributed by atoms with Gasteiger partial charge in [0, 0.05) is 17.4 Å². The lowest BCUT2D eigenvalue weighted by Crippen LogP contribution is -2.29. The highest BCUT2D eigenvalue weighted by Gasteiger charge is 2.47. The Kier molecular flexibility index (Phi) is 4.63. The summed E-state index contributed by atoms with van der Waals surface area (Å²) in [5.74, 6) is -1.80. The fraction of sp³-hybridized carbons (Fsp3) is 0.0435. The third kappa shape index (κ3) is 3.15. The summed E-state index contributed by atoms with van der Waals surface area (Å²) in [4.78, 5) is 31.5. The van der Waals surface area contributed by atoms with Crippen molar-refractivity contribution in [1.29, 1.82) is 5.26 Å². The Morgan fingerprint density at radius 1 is 0.966 bits per heavy atom. The highest BCUT2D eigenvalue weighted by atomic mass is 16.3. The highest BCUT2D eigenvalue weighted by molar-refractivity contribution is 6.51. The smallest absolute Gasteiger partial charge is 0.300 e. The molecule has 1 unspecified atom stereocenters. The average molecular weight is 381 g/mol. The van der Waals surface area contributed by atoms with Crippen molar-refractivity contribution in [3.05, 3.63) is 101 Å². The van der Waals surface area contributed by atoms with Crippen molar-refractivity contribution >= 4 is 23.1 Å². The maximum atomic E-state index is 12.9. The van der Waals surface area contributed by atoms with Crippen LogP contribution in [-0.4, -0.2) is 21.8 Å². The molecule has 0 spiro atoms. The average Bonchev–Trinajstić information content (AvgIpc) is 3.05. The van der Waals surface area contributed by atoms with Crippen molar-refractivity contribution in [2.75, 3.05) is 4.90 Å². The zero-order valence-electron chi connectivity index (χ0n) is 15.2. The minimum atomic E-state index is -0.885. The summed E-state index contributed by atoms with van der Waals surface area (Å²) in [6.07, 6.45) is 1.57. The quantitative estimate of drug-likeness (QED) is 0.425. The number of aromatic nitrogens is 1. The Morgan fingerprint density at radius 2 is 1.66 bits per heavy atom. The summed E-state index contributed by atoms with van der Waals surface area (Å²) in [7, 11) is 0. The van der Waals surface area contributed by atoms with Crippen molar-refractivity contribution in [3.63, 3.8) is 0 Å². The molecular formula is C23H15N3O3. The second-order valence-electron chi connectivity index (χ2n) is 6.45. The van der Waals surface area contributed by atoms with Crippen LogP contribution >= 0.6 is 0 Å². The van der Waals surface area contributed by atoms with Gasteiger partial charge in [0.05, 0.1) is 22.9 Å². The first kappa shape index (κ1) is 18.1. The lowest BCUT2D eigenvalue weighted by molar-refractivity contribution is -0.132. The summed E-state index contributed by atoms with van der Waals surface area (Å²) in [5, 5.41) is 19.9. The van der Waals surface area contributed by atoms with Gasteiger partial charge in [0.1, 0.15) is 11.8 Å². The van der Waals surface area contributed by atoms with Gasteiger partial charge in [0.15, 0.2) is 0 Å². The van der Waals surface area contributed by atoms with Crippen LogP contribution in [0.5, 0.6) is 0 Å². The molecule has 3 aromatic rings. The second-order valence-corrected chi connectivity index (χ2v) is 6.45. The summed E-state index contributed by atoms with van der Waals surface area (Å²) >= 11 is 0. The predicted molar refractivity (Wildman–Crippen MR) is 107 cm³/mol. The van der Waals surface area contributed by atoms with Gasteiger partial charge < -0.3 is 5.11 Å². The van der Waals surface area contributed by atoms with E-state index in [2.05, 4.69) is 4.98 Å². The zero-order valence-corrected chi connectivity index (χ0v) is 15.2. The first-order valence-corrected chi connectivity index (χ1v) is 8.89. The molecule has 0 aliphatic carbocycles. The molecule has 0 bridgehead atoms. The lowest BCUT2D eigenvalue weighted by Gasteiger charge is -2.24. The molecule has 6 nitrogen and oxygen atoms in total. The maximum Gasteiger partial charge on any atom is 0.300 e. The zero-order chi connectivity index (χ0) is 20.4. The van der Waals surface area contributed by atoms with Crippen LogP contribution in [0.1, 0.15) is 22.9 Å². The number of anilines is 1. The van der Waals surface area contributed by atoms with Crippen LogP contribution in [-0.2, 0) is 9.59 Å². The van der Waals surface area contributed by atoms with Crippen molar-refractivity contribution < 1.29 is 14.7 Å². The molecule has 1 amide bonds. The van der Waals surface area contributed by atoms with E-state index in [9.17, 15) is 14.7 Å². The van der Waals surface area contributed by atoms with E-state index >= 15 is 0 Å². The van der Waals surface area contributed by atoms with E-state index in [-0.39, 0.29) is 11.3 Å². The van der Waals surface area contributed by atoms with Crippen LogP contribution in [0.3, 0.4) is 0 Å². The standard InChI is InChI=1S/C23H15N3O3/c24-14-15-9-11-17(12-10-15)26-20(18-8-4-5-13-25-18)19(22(28)23(26)29)21(27)16-6-2-1-3-7-16/h1-13,20,27H/b21-19-. The number of hydrogen-bond donors (Lipinski definition) is 1. The van der Waals surface area contributed by atoms with Gasteiger partial charge in [-0.15, -0.1) is 0 Å². The molecule has 2 aromatic carbocycles. The third-order valence-electron chi connectivity index (χ3n) is 4.73. The number of ketones is 1. The lowest BCUT2D eigenvalue weighted by atomic mass is 9.98. The van der Waals surface area contributed by atoms with Gasteiger partial charge in [-0.25, -0.2) is 0 Å². The predicted octanol–water partition coefficient (Wildman–Crippen LogP) is 3.58. The van der Waals surface area contributed by atoms with Gasteiger partial charge in [0.25, 0.3) is 11.7 Å². The molecule has 1 fully saturated rings. The number of aliphatic hydroxyl groups excluding tert-OH is 1. The third-order valence-corrected chi connectivity index (χ3v) is 4.73. The van der Waals surface area contributed by atoms with Crippen LogP contribution in [0.4, 0.5) is 5.69 Å². The van der Waals surface area contributed by atoms with Crippen LogP contribution in [0.25, 0.3) is 5.76 Å². The number of nitriles is 1. The van der Waals surface area contributed by atoms with Gasteiger partial charge >= 0.3 is 0 Å². The van der Waals surface area contributed by atoms with Crippen LogP contribution in [0, 0.1) is 11.3 Å². The molecule has 1 N–H and O–H groups in total. The van der Waals surface area contributed by atoms with E-state index in [1.54, 1.807) is 79.0 Å². The van der Waals surface area contributed by atoms with Crippen molar-refractivity contribution in [2.45, 2.75) is 6.04 Å². The van der Waals surface area contributed by atoms with E-state index in [0.717, 1.165) is 0 Å². The summed E-state index contributed by atoms with van der Waals surface area (Å²) in [5.41, 5.74) is 1.74. The van der Waals surface area contributed by atoms with Gasteiger partial charge in [-0.3, -0.25) is 19.5 Å². The normalized spacial score (nSPS) is 17.9. The second kappa shape index (κ2) is 7.41. The number of rotatable bonds is 3. The molecule has 4 rings (SSSR count). The Balaban J connectivity index is 1.93. The van der Waals surface area contributed by atoms with E-state index < -0.39 is 17.7 Å². The van der Waals surface area contributed by atoms with Gasteiger partial charge in [0.2, 0.25) is 0 Å². The summed E-state index contributed by atoms with van der Waals surface area (Å²) in [6.45, 7) is 0. The Labute approximate surface area is 167 Å². The number of carbonyl (C=O) groups is 2. The number of nitrogens with zero attached hydrogens (tertiary/aromatic N) is 3. The van der Waals surface area contributed by atoms with E-state index in [0.29, 0.717) is 22.5 Å². The van der Waals surface area contributed by atoms with E-state index in [4.69, 9.17) is 5.26 Å². The van der Waals surface area contributed by atoms with Crippen molar-refractivity contribution in [3.8, 4) is 6.07 Å². The monoisotopic (exact) mass is 381 g/mol. The molecule has 1 aliphatic rings.